The van der Waals surface area contributed by atoms with Gasteiger partial charge in [-0.05, 0) is 18.8 Å². The van der Waals surface area contributed by atoms with E-state index in [1.54, 1.807) is 4.57 Å². The van der Waals surface area contributed by atoms with E-state index in [2.05, 4.69) is 17.1 Å². The number of rotatable bonds is 4. The average molecular weight is 306 g/mol. The number of hydrogen-bond acceptors (Lipinski definition) is 4. The van der Waals surface area contributed by atoms with E-state index in [9.17, 15) is 8.42 Å². The molecule has 0 atom stereocenters. The van der Waals surface area contributed by atoms with Crippen LogP contribution in [-0.4, -0.2) is 23.2 Å². The van der Waals surface area contributed by atoms with E-state index >= 15 is 0 Å². The largest absolute Gasteiger partial charge is 0.300 e. The third-order valence-corrected chi connectivity index (χ3v) is 4.88. The molecule has 0 spiro atoms. The van der Waals surface area contributed by atoms with Crippen molar-refractivity contribution >= 4 is 19.7 Å². The van der Waals surface area contributed by atoms with Gasteiger partial charge in [-0.15, -0.1) is 10.2 Å². The van der Waals surface area contributed by atoms with E-state index in [-0.39, 0.29) is 10.6 Å². The Morgan fingerprint density at radius 2 is 1.89 bits per heavy atom. The van der Waals surface area contributed by atoms with Gasteiger partial charge in [0, 0.05) is 22.6 Å². The Balaban J connectivity index is 2.53. The first kappa shape index (κ1) is 14.8. The van der Waals surface area contributed by atoms with Crippen LogP contribution >= 0.6 is 10.7 Å². The molecule has 0 saturated heterocycles. The molecule has 1 aliphatic rings. The number of aromatic nitrogens is 3. The Morgan fingerprint density at radius 1 is 1.32 bits per heavy atom. The summed E-state index contributed by atoms with van der Waals surface area (Å²) in [4.78, 5) is 0. The van der Waals surface area contributed by atoms with Crippen LogP contribution in [0.1, 0.15) is 52.3 Å². The quantitative estimate of drug-likeness (QED) is 0.802. The molecule has 1 aromatic heterocycles. The first-order chi connectivity index (χ1) is 8.74. The van der Waals surface area contributed by atoms with Gasteiger partial charge in [0.2, 0.25) is 0 Å². The minimum absolute atomic E-state index is 0.0816. The van der Waals surface area contributed by atoms with E-state index in [1.807, 2.05) is 13.8 Å². The number of nitrogens with zero attached hydrogens (tertiary/aromatic N) is 3. The van der Waals surface area contributed by atoms with Gasteiger partial charge in [-0.25, -0.2) is 8.42 Å². The minimum atomic E-state index is -3.85. The summed E-state index contributed by atoms with van der Waals surface area (Å²) in [6.07, 6.45) is 4.33. The summed E-state index contributed by atoms with van der Waals surface area (Å²) in [5.74, 6) is 1.06. The van der Waals surface area contributed by atoms with Crippen LogP contribution in [0.4, 0.5) is 0 Å². The van der Waals surface area contributed by atoms with Crippen LogP contribution in [0.2, 0.25) is 0 Å². The molecule has 1 aliphatic carbocycles. The van der Waals surface area contributed by atoms with E-state index in [0.717, 1.165) is 31.5 Å². The summed E-state index contributed by atoms with van der Waals surface area (Å²) >= 11 is 0. The molecule has 108 valence electrons. The van der Waals surface area contributed by atoms with Crippen molar-refractivity contribution in [3.05, 3.63) is 5.82 Å². The Bertz CT molecular complexity index is 560. The monoisotopic (exact) mass is 305 g/mol. The second kappa shape index (κ2) is 5.05. The average Bonchev–Trinajstić information content (AvgIpc) is 2.83. The maximum absolute atomic E-state index is 11.6. The molecule has 1 aromatic rings. The van der Waals surface area contributed by atoms with Gasteiger partial charge in [-0.2, -0.15) is 0 Å². The maximum Gasteiger partial charge on any atom is 0.296 e. The third-order valence-electron chi connectivity index (χ3n) is 3.73. The van der Waals surface area contributed by atoms with Crippen molar-refractivity contribution in [2.75, 3.05) is 0 Å². The van der Waals surface area contributed by atoms with Crippen molar-refractivity contribution in [3.63, 3.8) is 0 Å². The normalized spacial score (nSPS) is 19.2. The lowest BCUT2D eigenvalue weighted by Gasteiger charge is -2.24. The van der Waals surface area contributed by atoms with Gasteiger partial charge in [0.15, 0.2) is 0 Å². The zero-order valence-corrected chi connectivity index (χ0v) is 13.1. The van der Waals surface area contributed by atoms with Crippen LogP contribution in [0.15, 0.2) is 5.16 Å². The molecule has 0 aliphatic heterocycles. The number of hydrogen-bond donors (Lipinski definition) is 0. The minimum Gasteiger partial charge on any atom is -0.300 e. The molecule has 5 nitrogen and oxygen atoms in total. The fraction of sp³-hybridized carbons (Fsp3) is 0.833. The van der Waals surface area contributed by atoms with Crippen molar-refractivity contribution in [3.8, 4) is 0 Å². The lowest BCUT2D eigenvalue weighted by Crippen LogP contribution is -2.25. The van der Waals surface area contributed by atoms with Crippen LogP contribution in [0.25, 0.3) is 0 Å². The highest BCUT2D eigenvalue weighted by atomic mass is 35.7. The fourth-order valence-corrected chi connectivity index (χ4v) is 3.73. The molecule has 1 fully saturated rings. The molecule has 1 saturated carbocycles. The summed E-state index contributed by atoms with van der Waals surface area (Å²) in [6, 6.07) is 0. The van der Waals surface area contributed by atoms with Gasteiger partial charge < -0.3 is 4.57 Å². The predicted octanol–water partition coefficient (Wildman–Crippen LogP) is 2.69. The highest BCUT2D eigenvalue weighted by Gasteiger charge is 2.37. The molecular weight excluding hydrogens is 286 g/mol. The van der Waals surface area contributed by atoms with Crippen molar-refractivity contribution in [1.82, 2.24) is 14.8 Å². The molecule has 19 heavy (non-hydrogen) atoms. The summed E-state index contributed by atoms with van der Waals surface area (Å²) in [7, 11) is 1.61. The summed E-state index contributed by atoms with van der Waals surface area (Å²) in [5, 5.41) is 7.84. The maximum atomic E-state index is 11.6. The van der Waals surface area contributed by atoms with Gasteiger partial charge in [0.25, 0.3) is 14.2 Å². The highest BCUT2D eigenvalue weighted by molar-refractivity contribution is 8.13. The molecule has 0 unspecified atom stereocenters. The first-order valence-corrected chi connectivity index (χ1v) is 8.93. The van der Waals surface area contributed by atoms with Gasteiger partial charge >= 0.3 is 0 Å². The van der Waals surface area contributed by atoms with Crippen molar-refractivity contribution < 1.29 is 8.42 Å². The third kappa shape index (κ3) is 2.94. The topological polar surface area (TPSA) is 64.8 Å². The van der Waals surface area contributed by atoms with Gasteiger partial charge in [-0.3, -0.25) is 0 Å². The van der Waals surface area contributed by atoms with Crippen LogP contribution in [0.5, 0.6) is 0 Å². The molecule has 1 heterocycles. The predicted molar refractivity (Wildman–Crippen MR) is 73.7 cm³/mol. The van der Waals surface area contributed by atoms with E-state index in [1.165, 1.54) is 0 Å². The molecular formula is C12H20ClN3O2S. The Hall–Kier alpha value is -0.620. The summed E-state index contributed by atoms with van der Waals surface area (Å²) in [5.41, 5.74) is -0.0816. The van der Waals surface area contributed by atoms with E-state index in [4.69, 9.17) is 10.7 Å². The second-order valence-electron chi connectivity index (χ2n) is 6.02. The lowest BCUT2D eigenvalue weighted by molar-refractivity contribution is 0.395. The van der Waals surface area contributed by atoms with Gasteiger partial charge in [0.1, 0.15) is 5.82 Å². The van der Waals surface area contributed by atoms with E-state index < -0.39 is 9.05 Å². The summed E-state index contributed by atoms with van der Waals surface area (Å²) in [6.45, 7) is 6.77. The zero-order valence-electron chi connectivity index (χ0n) is 11.6. The fourth-order valence-electron chi connectivity index (χ4n) is 2.82. The van der Waals surface area contributed by atoms with Crippen LogP contribution in [0, 0.1) is 5.92 Å². The van der Waals surface area contributed by atoms with Crippen molar-refractivity contribution in [2.24, 2.45) is 5.92 Å². The SMILES string of the molecule is CC(C)Cn1c(C2(C)CCCC2)nnc1S(=O)(=O)Cl. The van der Waals surface area contributed by atoms with Crippen molar-refractivity contribution in [2.45, 2.75) is 63.6 Å². The number of halogens is 1. The zero-order chi connectivity index (χ0) is 14.3. The van der Waals surface area contributed by atoms with Gasteiger partial charge in [0.05, 0.1) is 0 Å². The lowest BCUT2D eigenvalue weighted by atomic mass is 9.88. The van der Waals surface area contributed by atoms with E-state index in [0.29, 0.717) is 12.5 Å². The Kier molecular flexibility index (Phi) is 3.93. The highest BCUT2D eigenvalue weighted by Crippen LogP contribution is 2.40. The Morgan fingerprint density at radius 3 is 2.37 bits per heavy atom. The van der Waals surface area contributed by atoms with Crippen LogP contribution in [-0.2, 0) is 21.0 Å². The van der Waals surface area contributed by atoms with Crippen LogP contribution in [0.3, 0.4) is 0 Å². The molecule has 7 heteroatoms. The second-order valence-corrected chi connectivity index (χ2v) is 8.48. The van der Waals surface area contributed by atoms with Crippen molar-refractivity contribution in [1.29, 1.82) is 0 Å². The molecule has 0 bridgehead atoms. The summed E-state index contributed by atoms with van der Waals surface area (Å²) < 4.78 is 24.9. The molecule has 0 aromatic carbocycles. The molecule has 0 amide bonds. The smallest absolute Gasteiger partial charge is 0.296 e. The molecule has 0 radical (unpaired) electrons. The molecule has 0 N–H and O–H groups in total. The van der Waals surface area contributed by atoms with Crippen LogP contribution < -0.4 is 0 Å². The standard InChI is InChI=1S/C12H20ClN3O2S/c1-9(2)8-16-10(12(3)6-4-5-7-12)14-15-11(16)19(13,17)18/h9H,4-8H2,1-3H3. The van der Waals surface area contributed by atoms with Gasteiger partial charge in [-0.1, -0.05) is 33.6 Å². The molecule has 2 rings (SSSR count). The Labute approximate surface area is 118 Å². The first-order valence-electron chi connectivity index (χ1n) is 6.62.